The molecule has 1 atom stereocenters. The van der Waals surface area contributed by atoms with Crippen LogP contribution in [0.2, 0.25) is 0 Å². The maximum atomic E-state index is 11.0. The molecule has 0 saturated carbocycles. The van der Waals surface area contributed by atoms with Crippen LogP contribution in [0.1, 0.15) is 31.9 Å². The number of amides is 1. The number of carbonyl (C=O) groups excluding carboxylic acids is 1. The Balaban J connectivity index is 2.75. The van der Waals surface area contributed by atoms with Crippen molar-refractivity contribution in [2.24, 2.45) is 5.73 Å². The van der Waals surface area contributed by atoms with Crippen LogP contribution in [0.25, 0.3) is 0 Å². The Morgan fingerprint density at radius 2 is 2.00 bits per heavy atom. The van der Waals surface area contributed by atoms with Crippen molar-refractivity contribution in [3.63, 3.8) is 0 Å². The zero-order chi connectivity index (χ0) is 13.4. The summed E-state index contributed by atoms with van der Waals surface area (Å²) in [5, 5.41) is 0. The van der Waals surface area contributed by atoms with Gasteiger partial charge in [-0.05, 0) is 25.1 Å². The van der Waals surface area contributed by atoms with Crippen LogP contribution in [-0.2, 0) is 4.74 Å². The summed E-state index contributed by atoms with van der Waals surface area (Å²) in [5.74, 6) is 0. The third kappa shape index (κ3) is 4.75. The highest BCUT2D eigenvalue weighted by Crippen LogP contribution is 2.18. The Hall–Kier alpha value is -1.55. The predicted octanol–water partition coefficient (Wildman–Crippen LogP) is 2.55. The summed E-state index contributed by atoms with van der Waals surface area (Å²) in [7, 11) is 0. The molecule has 2 N–H and O–H groups in total. The van der Waals surface area contributed by atoms with E-state index in [1.807, 2.05) is 30.3 Å². The molecule has 0 spiro atoms. The average molecular weight is 250 g/mol. The van der Waals surface area contributed by atoms with E-state index in [2.05, 4.69) is 18.7 Å². The molecule has 18 heavy (non-hydrogen) atoms. The van der Waals surface area contributed by atoms with Gasteiger partial charge < -0.3 is 10.5 Å². The van der Waals surface area contributed by atoms with Crippen LogP contribution in [0.5, 0.6) is 0 Å². The van der Waals surface area contributed by atoms with Crippen LogP contribution >= 0.6 is 0 Å². The molecule has 0 heterocycles. The van der Waals surface area contributed by atoms with Gasteiger partial charge in [0.15, 0.2) is 0 Å². The van der Waals surface area contributed by atoms with Crippen LogP contribution in [0.15, 0.2) is 30.3 Å². The van der Waals surface area contributed by atoms with Crippen molar-refractivity contribution in [3.8, 4) is 0 Å². The summed E-state index contributed by atoms with van der Waals surface area (Å²) in [6, 6.07) is 9.71. The second kappa shape index (κ2) is 7.71. The smallest absolute Gasteiger partial charge is 0.405 e. The minimum Gasteiger partial charge on any atom is -0.440 e. The molecule has 0 unspecified atom stereocenters. The van der Waals surface area contributed by atoms with Crippen LogP contribution in [0, 0.1) is 0 Å². The molecule has 100 valence electrons. The van der Waals surface area contributed by atoms with E-state index >= 15 is 0 Å². The molecule has 0 aromatic heterocycles. The molecule has 0 radical (unpaired) electrons. The number of nitrogens with two attached hydrogens (primary N) is 1. The number of carbonyl (C=O) groups is 1. The van der Waals surface area contributed by atoms with Crippen molar-refractivity contribution in [3.05, 3.63) is 35.9 Å². The van der Waals surface area contributed by atoms with Gasteiger partial charge in [0, 0.05) is 6.54 Å². The van der Waals surface area contributed by atoms with Gasteiger partial charge in [0.25, 0.3) is 0 Å². The molecular weight excluding hydrogens is 228 g/mol. The van der Waals surface area contributed by atoms with Gasteiger partial charge in [-0.15, -0.1) is 0 Å². The Morgan fingerprint density at radius 1 is 1.33 bits per heavy atom. The predicted molar refractivity (Wildman–Crippen MR) is 72.3 cm³/mol. The first kappa shape index (κ1) is 14.5. The third-order valence-corrected chi connectivity index (χ3v) is 2.84. The first-order chi connectivity index (χ1) is 8.67. The lowest BCUT2D eigenvalue weighted by molar-refractivity contribution is 0.0774. The summed E-state index contributed by atoms with van der Waals surface area (Å²) < 4.78 is 5.21. The van der Waals surface area contributed by atoms with Gasteiger partial charge in [0.05, 0.1) is 0 Å². The van der Waals surface area contributed by atoms with Crippen LogP contribution in [0.3, 0.4) is 0 Å². The normalized spacial score (nSPS) is 12.4. The van der Waals surface area contributed by atoms with E-state index in [1.165, 1.54) is 0 Å². The van der Waals surface area contributed by atoms with Crippen LogP contribution < -0.4 is 5.73 Å². The standard InChI is InChI=1S/C14H22N2O2/c1-3-10-16(4-2)11-13(18-14(15)17)12-8-6-5-7-9-12/h5-9,13H,3-4,10-11H2,1-2H3,(H2,15,17)/t13-/m1/s1. The van der Waals surface area contributed by atoms with Gasteiger partial charge in [-0.2, -0.15) is 0 Å². The van der Waals surface area contributed by atoms with Crippen molar-refractivity contribution in [1.29, 1.82) is 0 Å². The summed E-state index contributed by atoms with van der Waals surface area (Å²) in [6.07, 6.45) is 0.0537. The Labute approximate surface area is 109 Å². The van der Waals surface area contributed by atoms with Gasteiger partial charge in [-0.1, -0.05) is 44.2 Å². The highest BCUT2D eigenvalue weighted by molar-refractivity contribution is 5.65. The largest absolute Gasteiger partial charge is 0.440 e. The molecule has 4 nitrogen and oxygen atoms in total. The fourth-order valence-electron chi connectivity index (χ4n) is 1.95. The van der Waals surface area contributed by atoms with E-state index in [-0.39, 0.29) is 6.10 Å². The first-order valence-electron chi connectivity index (χ1n) is 6.40. The number of likely N-dealkylation sites (N-methyl/N-ethyl adjacent to an activating group) is 1. The second-order valence-corrected chi connectivity index (χ2v) is 4.23. The SMILES string of the molecule is CCCN(CC)C[C@@H](OC(N)=O)c1ccccc1. The van der Waals surface area contributed by atoms with Crippen molar-refractivity contribution in [1.82, 2.24) is 4.90 Å². The minimum absolute atomic E-state index is 0.296. The summed E-state index contributed by atoms with van der Waals surface area (Å²) >= 11 is 0. The summed E-state index contributed by atoms with van der Waals surface area (Å²) in [4.78, 5) is 13.2. The topological polar surface area (TPSA) is 55.6 Å². The van der Waals surface area contributed by atoms with E-state index < -0.39 is 6.09 Å². The molecule has 1 rings (SSSR count). The summed E-state index contributed by atoms with van der Waals surface area (Å²) in [6.45, 7) is 6.83. The van der Waals surface area contributed by atoms with Crippen molar-refractivity contribution < 1.29 is 9.53 Å². The fraction of sp³-hybridized carbons (Fsp3) is 0.500. The van der Waals surface area contributed by atoms with E-state index in [0.29, 0.717) is 6.54 Å². The number of hydrogen-bond donors (Lipinski definition) is 1. The lowest BCUT2D eigenvalue weighted by Crippen LogP contribution is -2.32. The van der Waals surface area contributed by atoms with E-state index in [9.17, 15) is 4.79 Å². The Morgan fingerprint density at radius 3 is 2.50 bits per heavy atom. The Bertz CT molecular complexity index is 354. The van der Waals surface area contributed by atoms with Crippen molar-refractivity contribution in [2.45, 2.75) is 26.4 Å². The number of benzene rings is 1. The number of nitrogens with zero attached hydrogens (tertiary/aromatic N) is 1. The first-order valence-corrected chi connectivity index (χ1v) is 6.40. The molecule has 0 aliphatic heterocycles. The van der Waals surface area contributed by atoms with Gasteiger partial charge in [0.1, 0.15) is 6.10 Å². The number of ether oxygens (including phenoxy) is 1. The van der Waals surface area contributed by atoms with Gasteiger partial charge in [-0.25, -0.2) is 4.79 Å². The molecule has 1 aromatic carbocycles. The fourth-order valence-corrected chi connectivity index (χ4v) is 1.95. The molecule has 0 fully saturated rings. The average Bonchev–Trinajstić information content (AvgIpc) is 2.37. The molecule has 0 aliphatic carbocycles. The zero-order valence-corrected chi connectivity index (χ0v) is 11.1. The minimum atomic E-state index is -0.726. The second-order valence-electron chi connectivity index (χ2n) is 4.23. The van der Waals surface area contributed by atoms with Gasteiger partial charge in [0.2, 0.25) is 0 Å². The molecule has 1 aromatic rings. The van der Waals surface area contributed by atoms with E-state index in [0.717, 1.165) is 25.1 Å². The maximum Gasteiger partial charge on any atom is 0.405 e. The number of primary amides is 1. The van der Waals surface area contributed by atoms with Crippen LogP contribution in [0.4, 0.5) is 4.79 Å². The zero-order valence-electron chi connectivity index (χ0n) is 11.1. The highest BCUT2D eigenvalue weighted by Gasteiger charge is 2.17. The third-order valence-electron chi connectivity index (χ3n) is 2.84. The van der Waals surface area contributed by atoms with Crippen LogP contribution in [-0.4, -0.2) is 30.6 Å². The number of hydrogen-bond acceptors (Lipinski definition) is 3. The lowest BCUT2D eigenvalue weighted by atomic mass is 10.1. The molecular formula is C14H22N2O2. The maximum absolute atomic E-state index is 11.0. The van der Waals surface area contributed by atoms with Gasteiger partial charge in [-0.3, -0.25) is 4.90 Å². The summed E-state index contributed by atoms with van der Waals surface area (Å²) in [5.41, 5.74) is 6.12. The van der Waals surface area contributed by atoms with Crippen molar-refractivity contribution >= 4 is 6.09 Å². The van der Waals surface area contributed by atoms with Crippen molar-refractivity contribution in [2.75, 3.05) is 19.6 Å². The number of rotatable bonds is 7. The van der Waals surface area contributed by atoms with E-state index in [4.69, 9.17) is 10.5 Å². The monoisotopic (exact) mass is 250 g/mol. The molecule has 4 heteroatoms. The molecule has 0 bridgehead atoms. The molecule has 0 aliphatic rings. The van der Waals surface area contributed by atoms with Gasteiger partial charge >= 0.3 is 6.09 Å². The quantitative estimate of drug-likeness (QED) is 0.809. The lowest BCUT2D eigenvalue weighted by Gasteiger charge is -2.25. The highest BCUT2D eigenvalue weighted by atomic mass is 16.6. The molecule has 1 amide bonds. The Kier molecular flexibility index (Phi) is 6.22. The molecule has 0 saturated heterocycles. The van der Waals surface area contributed by atoms with E-state index in [1.54, 1.807) is 0 Å².